The third-order valence-electron chi connectivity index (χ3n) is 3.21. The molecular formula is C14H20O6. The van der Waals surface area contributed by atoms with Gasteiger partial charge in [0.05, 0.1) is 18.8 Å². The Morgan fingerprint density at radius 2 is 1.60 bits per heavy atom. The zero-order chi connectivity index (χ0) is 15.5. The summed E-state index contributed by atoms with van der Waals surface area (Å²) >= 11 is 0. The van der Waals surface area contributed by atoms with Crippen molar-refractivity contribution in [2.24, 2.45) is 5.92 Å². The highest BCUT2D eigenvalue weighted by Crippen LogP contribution is 2.36. The molecule has 0 saturated carbocycles. The third-order valence-corrected chi connectivity index (χ3v) is 3.21. The molecule has 0 atom stereocenters. The first-order valence-corrected chi connectivity index (χ1v) is 6.54. The zero-order valence-corrected chi connectivity index (χ0v) is 12.4. The molecule has 112 valence electrons. The van der Waals surface area contributed by atoms with Crippen molar-refractivity contribution >= 4 is 17.9 Å². The number of ether oxygens (including phenoxy) is 3. The molecule has 0 spiro atoms. The van der Waals surface area contributed by atoms with Crippen molar-refractivity contribution in [3.05, 3.63) is 11.1 Å². The maximum atomic E-state index is 12.0. The van der Waals surface area contributed by atoms with Gasteiger partial charge in [-0.05, 0) is 40.2 Å². The van der Waals surface area contributed by atoms with E-state index in [9.17, 15) is 14.4 Å². The zero-order valence-electron chi connectivity index (χ0n) is 12.4. The lowest BCUT2D eigenvalue weighted by Gasteiger charge is -2.18. The molecule has 0 bridgehead atoms. The van der Waals surface area contributed by atoms with Gasteiger partial charge in [-0.15, -0.1) is 0 Å². The minimum Gasteiger partial charge on any atom is -0.465 e. The lowest BCUT2D eigenvalue weighted by Crippen LogP contribution is -2.32. The van der Waals surface area contributed by atoms with E-state index in [1.54, 1.807) is 34.6 Å². The van der Waals surface area contributed by atoms with Crippen molar-refractivity contribution in [2.75, 3.05) is 13.2 Å². The monoisotopic (exact) mass is 284 g/mol. The average molecular weight is 284 g/mol. The molecule has 0 aromatic carbocycles. The highest BCUT2D eigenvalue weighted by atomic mass is 16.6. The minimum atomic E-state index is -1.39. The van der Waals surface area contributed by atoms with Crippen molar-refractivity contribution < 1.29 is 28.6 Å². The van der Waals surface area contributed by atoms with E-state index >= 15 is 0 Å². The predicted octanol–water partition coefficient (Wildman–Crippen LogP) is 1.38. The van der Waals surface area contributed by atoms with Crippen LogP contribution in [0.5, 0.6) is 0 Å². The maximum Gasteiger partial charge on any atom is 0.336 e. The molecule has 0 aliphatic carbocycles. The largest absolute Gasteiger partial charge is 0.465 e. The van der Waals surface area contributed by atoms with Gasteiger partial charge in [0.15, 0.2) is 5.92 Å². The van der Waals surface area contributed by atoms with E-state index in [4.69, 9.17) is 14.2 Å². The molecule has 1 aliphatic heterocycles. The molecular weight excluding hydrogens is 264 g/mol. The van der Waals surface area contributed by atoms with Crippen LogP contribution in [0.25, 0.3) is 0 Å². The Morgan fingerprint density at radius 3 is 1.90 bits per heavy atom. The van der Waals surface area contributed by atoms with E-state index in [1.165, 1.54) is 0 Å². The first-order chi connectivity index (χ1) is 9.26. The van der Waals surface area contributed by atoms with Crippen molar-refractivity contribution in [3.63, 3.8) is 0 Å². The number of cyclic esters (lactones) is 1. The van der Waals surface area contributed by atoms with E-state index in [1.807, 2.05) is 0 Å². The second-order valence-corrected chi connectivity index (χ2v) is 4.88. The molecule has 0 saturated heterocycles. The highest BCUT2D eigenvalue weighted by Gasteiger charge is 2.47. The van der Waals surface area contributed by atoms with Gasteiger partial charge in [-0.1, -0.05) is 0 Å². The molecule has 20 heavy (non-hydrogen) atoms. The number of carbonyl (C=O) groups is 3. The molecule has 0 unspecified atom stereocenters. The molecule has 1 aliphatic rings. The molecule has 0 amide bonds. The molecule has 6 nitrogen and oxygen atoms in total. The van der Waals surface area contributed by atoms with Gasteiger partial charge in [0.1, 0.15) is 5.60 Å². The second kappa shape index (κ2) is 6.07. The maximum absolute atomic E-state index is 12.0. The van der Waals surface area contributed by atoms with Crippen LogP contribution in [0.3, 0.4) is 0 Å². The summed E-state index contributed by atoms with van der Waals surface area (Å²) in [7, 11) is 0. The standard InChI is InChI=1S/C14H20O6/c1-6-18-11(15)10(12(16)19-7-2)9-8(3)14(4,5)20-13(9)17/h10H,6-7H2,1-5H3. The van der Waals surface area contributed by atoms with E-state index in [2.05, 4.69) is 0 Å². The van der Waals surface area contributed by atoms with Gasteiger partial charge >= 0.3 is 17.9 Å². The van der Waals surface area contributed by atoms with Crippen LogP contribution in [0.2, 0.25) is 0 Å². The van der Waals surface area contributed by atoms with E-state index in [-0.39, 0.29) is 18.8 Å². The highest BCUT2D eigenvalue weighted by molar-refractivity contribution is 6.09. The third kappa shape index (κ3) is 3.00. The SMILES string of the molecule is CCOC(=O)C(C(=O)OCC)C1=C(C)C(C)(C)OC1=O. The second-order valence-electron chi connectivity index (χ2n) is 4.88. The smallest absolute Gasteiger partial charge is 0.336 e. The van der Waals surface area contributed by atoms with Gasteiger partial charge in [0.25, 0.3) is 0 Å². The van der Waals surface area contributed by atoms with Gasteiger partial charge in [0.2, 0.25) is 0 Å². The van der Waals surface area contributed by atoms with Crippen molar-refractivity contribution in [3.8, 4) is 0 Å². The number of carbonyl (C=O) groups excluding carboxylic acids is 3. The quantitative estimate of drug-likeness (QED) is 0.431. The molecule has 0 aromatic rings. The molecule has 0 radical (unpaired) electrons. The van der Waals surface area contributed by atoms with Crippen LogP contribution in [0, 0.1) is 5.92 Å². The first kappa shape index (κ1) is 16.2. The topological polar surface area (TPSA) is 78.9 Å². The number of rotatable bonds is 5. The van der Waals surface area contributed by atoms with E-state index < -0.39 is 29.4 Å². The Labute approximate surface area is 118 Å². The normalized spacial score (nSPS) is 17.2. The lowest BCUT2D eigenvalue weighted by atomic mass is 9.90. The molecule has 6 heteroatoms. The number of hydrogen-bond donors (Lipinski definition) is 0. The fraction of sp³-hybridized carbons (Fsp3) is 0.643. The van der Waals surface area contributed by atoms with Gasteiger partial charge in [-0.3, -0.25) is 9.59 Å². The molecule has 1 rings (SSSR count). The van der Waals surface area contributed by atoms with E-state index in [0.717, 1.165) is 0 Å². The van der Waals surface area contributed by atoms with Crippen LogP contribution >= 0.6 is 0 Å². The summed E-state index contributed by atoms with van der Waals surface area (Å²) in [5, 5.41) is 0. The predicted molar refractivity (Wildman–Crippen MR) is 69.6 cm³/mol. The van der Waals surface area contributed by atoms with Crippen LogP contribution in [0.15, 0.2) is 11.1 Å². The van der Waals surface area contributed by atoms with Crippen LogP contribution in [-0.2, 0) is 28.6 Å². The average Bonchev–Trinajstić information content (AvgIpc) is 2.52. The number of esters is 3. The fourth-order valence-corrected chi connectivity index (χ4v) is 1.96. The van der Waals surface area contributed by atoms with Gasteiger partial charge in [0, 0.05) is 0 Å². The Balaban J connectivity index is 3.24. The van der Waals surface area contributed by atoms with Gasteiger partial charge in [-0.25, -0.2) is 4.79 Å². The van der Waals surface area contributed by atoms with Crippen molar-refractivity contribution in [2.45, 2.75) is 40.2 Å². The summed E-state index contributed by atoms with van der Waals surface area (Å²) < 4.78 is 14.9. The summed E-state index contributed by atoms with van der Waals surface area (Å²) in [5.74, 6) is -3.66. The van der Waals surface area contributed by atoms with Gasteiger partial charge < -0.3 is 14.2 Å². The number of hydrogen-bond acceptors (Lipinski definition) is 6. The summed E-state index contributed by atoms with van der Waals surface area (Å²) in [6.07, 6.45) is 0. The van der Waals surface area contributed by atoms with Gasteiger partial charge in [-0.2, -0.15) is 0 Å². The Morgan fingerprint density at radius 1 is 1.15 bits per heavy atom. The summed E-state index contributed by atoms with van der Waals surface area (Å²) in [5.41, 5.74) is -0.288. The van der Waals surface area contributed by atoms with Crippen molar-refractivity contribution in [1.82, 2.24) is 0 Å². The Kier molecular flexibility index (Phi) is 4.92. The molecule has 0 N–H and O–H groups in total. The fourth-order valence-electron chi connectivity index (χ4n) is 1.96. The summed E-state index contributed by atoms with van der Waals surface area (Å²) in [6, 6.07) is 0. The summed E-state index contributed by atoms with van der Waals surface area (Å²) in [6.45, 7) is 8.52. The van der Waals surface area contributed by atoms with E-state index in [0.29, 0.717) is 5.57 Å². The van der Waals surface area contributed by atoms with Crippen LogP contribution in [0.1, 0.15) is 34.6 Å². The molecule has 0 fully saturated rings. The molecule has 1 heterocycles. The lowest BCUT2D eigenvalue weighted by molar-refractivity contribution is -0.162. The molecule has 0 aromatic heterocycles. The summed E-state index contributed by atoms with van der Waals surface area (Å²) in [4.78, 5) is 35.9. The Hall–Kier alpha value is -1.85. The van der Waals surface area contributed by atoms with Crippen LogP contribution in [0.4, 0.5) is 0 Å². The van der Waals surface area contributed by atoms with Crippen LogP contribution < -0.4 is 0 Å². The van der Waals surface area contributed by atoms with Crippen LogP contribution in [-0.4, -0.2) is 36.7 Å². The minimum absolute atomic E-state index is 0.0203. The first-order valence-electron chi connectivity index (χ1n) is 6.54. The van der Waals surface area contributed by atoms with Crippen molar-refractivity contribution in [1.29, 1.82) is 0 Å². The Bertz CT molecular complexity index is 442.